The molecule has 0 saturated carbocycles. The largest absolute Gasteiger partial charge is 0.379 e. The minimum Gasteiger partial charge on any atom is -0.379 e. The van der Waals surface area contributed by atoms with Crippen molar-refractivity contribution in [3.63, 3.8) is 0 Å². The maximum atomic E-state index is 12.6. The lowest BCUT2D eigenvalue weighted by Crippen LogP contribution is -2.45. The Morgan fingerprint density at radius 3 is 2.53 bits per heavy atom. The van der Waals surface area contributed by atoms with Gasteiger partial charge in [0.1, 0.15) is 0 Å². The molecule has 2 aliphatic rings. The molecule has 0 aliphatic carbocycles. The molecule has 0 radical (unpaired) electrons. The summed E-state index contributed by atoms with van der Waals surface area (Å²) in [6, 6.07) is 12.2. The highest BCUT2D eigenvalue weighted by Gasteiger charge is 2.26. The highest BCUT2D eigenvalue weighted by Crippen LogP contribution is 2.31. The van der Waals surface area contributed by atoms with Crippen LogP contribution in [0, 0.1) is 13.8 Å². The summed E-state index contributed by atoms with van der Waals surface area (Å²) in [4.78, 5) is 29.6. The zero-order chi connectivity index (χ0) is 22.7. The average Bonchev–Trinajstić information content (AvgIpc) is 3.17. The van der Waals surface area contributed by atoms with Crippen molar-refractivity contribution in [3.8, 4) is 0 Å². The topological polar surface area (TPSA) is 73.9 Å². The van der Waals surface area contributed by atoms with E-state index in [1.54, 1.807) is 0 Å². The van der Waals surface area contributed by atoms with Gasteiger partial charge in [-0.15, -0.1) is 0 Å². The fourth-order valence-corrected chi connectivity index (χ4v) is 4.42. The van der Waals surface area contributed by atoms with Crippen LogP contribution in [0.3, 0.4) is 0 Å². The number of fused-ring (bicyclic) bond motifs is 1. The van der Waals surface area contributed by atoms with Gasteiger partial charge >= 0.3 is 11.8 Å². The van der Waals surface area contributed by atoms with Gasteiger partial charge < -0.3 is 20.3 Å². The first-order valence-corrected chi connectivity index (χ1v) is 11.2. The number of hydrogen-bond donors (Lipinski definition) is 2. The summed E-state index contributed by atoms with van der Waals surface area (Å²) in [5.74, 6) is -1.27. The van der Waals surface area contributed by atoms with E-state index in [9.17, 15) is 9.59 Å². The molecule has 0 spiro atoms. The third-order valence-corrected chi connectivity index (χ3v) is 6.53. The lowest BCUT2D eigenvalue weighted by atomic mass is 10.0. The van der Waals surface area contributed by atoms with E-state index in [2.05, 4.69) is 45.7 Å². The SMILES string of the molecule is Cc1ccc(NC(=O)C(=O)NC[C@H](c2ccc3c(c2)CCN3C)N2CCOCC2)cc1C. The zero-order valence-corrected chi connectivity index (χ0v) is 19.1. The standard InChI is InChI=1S/C25H32N4O3/c1-17-4-6-21(14-18(17)2)27-25(31)24(30)26-16-23(29-10-12-32-13-11-29)19-5-7-22-20(15-19)8-9-28(22)3/h4-7,14-15,23H,8-13,16H2,1-3H3,(H,26,30)(H,27,31)/t23-/m1/s1. The molecular weight excluding hydrogens is 404 g/mol. The van der Waals surface area contributed by atoms with E-state index in [0.29, 0.717) is 25.4 Å². The molecule has 2 aromatic carbocycles. The number of morpholine rings is 1. The molecule has 4 rings (SSSR count). The van der Waals surface area contributed by atoms with E-state index in [1.165, 1.54) is 11.3 Å². The normalized spacial score (nSPS) is 17.0. The summed E-state index contributed by atoms with van der Waals surface area (Å²) in [6.07, 6.45) is 1.03. The van der Waals surface area contributed by atoms with Crippen LogP contribution in [0.5, 0.6) is 0 Å². The third kappa shape index (κ3) is 4.95. The molecule has 0 bridgehead atoms. The molecule has 7 heteroatoms. The molecule has 2 N–H and O–H groups in total. The average molecular weight is 437 g/mol. The maximum absolute atomic E-state index is 12.6. The number of hydrogen-bond acceptors (Lipinski definition) is 5. The molecule has 1 saturated heterocycles. The third-order valence-electron chi connectivity index (χ3n) is 6.53. The molecule has 32 heavy (non-hydrogen) atoms. The Hall–Kier alpha value is -2.90. The van der Waals surface area contributed by atoms with Gasteiger partial charge in [-0.05, 0) is 60.7 Å². The summed E-state index contributed by atoms with van der Waals surface area (Å²) in [7, 11) is 2.11. The van der Waals surface area contributed by atoms with E-state index in [1.807, 2.05) is 32.0 Å². The van der Waals surface area contributed by atoms with E-state index in [4.69, 9.17) is 4.74 Å². The van der Waals surface area contributed by atoms with Crippen molar-refractivity contribution >= 4 is 23.2 Å². The number of benzene rings is 2. The Kier molecular flexibility index (Phi) is 6.77. The Morgan fingerprint density at radius 1 is 1.00 bits per heavy atom. The summed E-state index contributed by atoms with van der Waals surface area (Å²) >= 11 is 0. The van der Waals surface area contributed by atoms with Crippen LogP contribution in [-0.4, -0.2) is 63.2 Å². The number of aryl methyl sites for hydroxylation is 2. The minimum absolute atomic E-state index is 0.00604. The van der Waals surface area contributed by atoms with Crippen molar-refractivity contribution in [2.24, 2.45) is 0 Å². The van der Waals surface area contributed by atoms with Crippen LogP contribution in [0.25, 0.3) is 0 Å². The number of ether oxygens (including phenoxy) is 1. The van der Waals surface area contributed by atoms with Gasteiger partial charge in [-0.3, -0.25) is 14.5 Å². The summed E-state index contributed by atoms with van der Waals surface area (Å²) < 4.78 is 5.52. The molecule has 2 heterocycles. The summed E-state index contributed by atoms with van der Waals surface area (Å²) in [6.45, 7) is 8.32. The molecular formula is C25H32N4O3. The van der Waals surface area contributed by atoms with Crippen molar-refractivity contribution in [3.05, 3.63) is 58.7 Å². The van der Waals surface area contributed by atoms with Gasteiger partial charge in [-0.1, -0.05) is 18.2 Å². The molecule has 0 unspecified atom stereocenters. The first kappa shape index (κ1) is 22.3. The Balaban J connectivity index is 1.44. The van der Waals surface area contributed by atoms with Gasteiger partial charge in [0.25, 0.3) is 0 Å². The Labute approximate surface area is 189 Å². The second-order valence-corrected chi connectivity index (χ2v) is 8.69. The van der Waals surface area contributed by atoms with Crippen molar-refractivity contribution in [1.82, 2.24) is 10.2 Å². The van der Waals surface area contributed by atoms with Crippen molar-refractivity contribution < 1.29 is 14.3 Å². The molecule has 1 atom stereocenters. The Bertz CT molecular complexity index is 1000. The summed E-state index contributed by atoms with van der Waals surface area (Å²) in [5, 5.41) is 5.56. The van der Waals surface area contributed by atoms with Crippen LogP contribution in [0.4, 0.5) is 11.4 Å². The number of likely N-dealkylation sites (N-methyl/N-ethyl adjacent to an activating group) is 1. The molecule has 2 aliphatic heterocycles. The maximum Gasteiger partial charge on any atom is 0.313 e. The molecule has 1 fully saturated rings. The fraction of sp³-hybridized carbons (Fsp3) is 0.440. The fourth-order valence-electron chi connectivity index (χ4n) is 4.42. The van der Waals surface area contributed by atoms with E-state index in [-0.39, 0.29) is 6.04 Å². The second kappa shape index (κ2) is 9.71. The van der Waals surface area contributed by atoms with Crippen molar-refractivity contribution in [2.45, 2.75) is 26.3 Å². The van der Waals surface area contributed by atoms with Gasteiger partial charge in [0.15, 0.2) is 0 Å². The number of nitrogens with zero attached hydrogens (tertiary/aromatic N) is 2. The van der Waals surface area contributed by atoms with E-state index >= 15 is 0 Å². The number of amides is 2. The quantitative estimate of drug-likeness (QED) is 0.705. The van der Waals surface area contributed by atoms with Gasteiger partial charge in [0, 0.05) is 44.6 Å². The monoisotopic (exact) mass is 436 g/mol. The van der Waals surface area contributed by atoms with Crippen molar-refractivity contribution in [1.29, 1.82) is 0 Å². The first-order chi connectivity index (χ1) is 15.4. The van der Waals surface area contributed by atoms with E-state index < -0.39 is 11.8 Å². The van der Waals surface area contributed by atoms with Crippen LogP contribution >= 0.6 is 0 Å². The number of anilines is 2. The van der Waals surface area contributed by atoms with Crippen LogP contribution in [0.15, 0.2) is 36.4 Å². The summed E-state index contributed by atoms with van der Waals surface area (Å²) in [5.41, 5.74) is 6.60. The highest BCUT2D eigenvalue weighted by molar-refractivity contribution is 6.39. The smallest absolute Gasteiger partial charge is 0.313 e. The lowest BCUT2D eigenvalue weighted by Gasteiger charge is -2.35. The zero-order valence-electron chi connectivity index (χ0n) is 19.1. The molecule has 2 amide bonds. The molecule has 2 aromatic rings. The molecule has 170 valence electrons. The highest BCUT2D eigenvalue weighted by atomic mass is 16.5. The van der Waals surface area contributed by atoms with E-state index in [0.717, 1.165) is 42.7 Å². The van der Waals surface area contributed by atoms with Crippen molar-refractivity contribution in [2.75, 3.05) is 56.7 Å². The van der Waals surface area contributed by atoms with Gasteiger partial charge in [0.05, 0.1) is 19.3 Å². The predicted octanol–water partition coefficient (Wildman–Crippen LogP) is 2.42. The predicted molar refractivity (Wildman–Crippen MR) is 126 cm³/mol. The van der Waals surface area contributed by atoms with Gasteiger partial charge in [0.2, 0.25) is 0 Å². The van der Waals surface area contributed by atoms with Gasteiger partial charge in [-0.2, -0.15) is 0 Å². The number of rotatable bonds is 5. The Morgan fingerprint density at radius 2 is 1.78 bits per heavy atom. The van der Waals surface area contributed by atoms with Crippen LogP contribution in [-0.2, 0) is 20.7 Å². The lowest BCUT2D eigenvalue weighted by molar-refractivity contribution is -0.136. The van der Waals surface area contributed by atoms with Crippen LogP contribution in [0.1, 0.15) is 28.3 Å². The second-order valence-electron chi connectivity index (χ2n) is 8.69. The molecule has 0 aromatic heterocycles. The first-order valence-electron chi connectivity index (χ1n) is 11.2. The van der Waals surface area contributed by atoms with Crippen LogP contribution in [0.2, 0.25) is 0 Å². The number of carbonyl (C=O) groups is 2. The van der Waals surface area contributed by atoms with Crippen LogP contribution < -0.4 is 15.5 Å². The van der Waals surface area contributed by atoms with Gasteiger partial charge in [-0.25, -0.2) is 0 Å². The number of carbonyl (C=O) groups excluding carboxylic acids is 2. The minimum atomic E-state index is -0.649. The molecule has 7 nitrogen and oxygen atoms in total. The number of nitrogens with one attached hydrogen (secondary N) is 2.